The van der Waals surface area contributed by atoms with Crippen molar-refractivity contribution in [2.24, 2.45) is 5.92 Å². The van der Waals surface area contributed by atoms with Gasteiger partial charge in [-0.2, -0.15) is 0 Å². The smallest absolute Gasteiger partial charge is 0.209 e. The van der Waals surface area contributed by atoms with E-state index in [0.29, 0.717) is 0 Å². The van der Waals surface area contributed by atoms with E-state index in [-0.39, 0.29) is 0 Å². The van der Waals surface area contributed by atoms with Crippen molar-refractivity contribution in [3.8, 4) is 0 Å². The van der Waals surface area contributed by atoms with E-state index in [1.165, 1.54) is 25.7 Å². The highest BCUT2D eigenvalue weighted by atomic mass is 32.2. The Balaban J connectivity index is 2.36. The van der Waals surface area contributed by atoms with Crippen LogP contribution in [0.25, 0.3) is 0 Å². The van der Waals surface area contributed by atoms with Gasteiger partial charge in [0, 0.05) is 12.3 Å². The first-order chi connectivity index (χ1) is 9.31. The summed E-state index contributed by atoms with van der Waals surface area (Å²) in [4.78, 5) is 0. The summed E-state index contributed by atoms with van der Waals surface area (Å²) in [5.74, 6) is 1.90. The summed E-state index contributed by atoms with van der Waals surface area (Å²) >= 11 is 1.79. The fourth-order valence-electron chi connectivity index (χ4n) is 1.89. The van der Waals surface area contributed by atoms with Crippen molar-refractivity contribution in [2.75, 3.05) is 18.8 Å². The largest absolute Gasteiger partial charge is 0.315 e. The Hall–Kier alpha value is -0.620. The fraction of sp³-hybridized carbons (Fsp3) is 0.923. The van der Waals surface area contributed by atoms with Crippen LogP contribution in [0.1, 0.15) is 46.5 Å². The average molecular weight is 285 g/mol. The monoisotopic (exact) mass is 285 g/mol. The number of tetrazole rings is 1. The van der Waals surface area contributed by atoms with Crippen molar-refractivity contribution in [1.29, 1.82) is 0 Å². The first-order valence-electron chi connectivity index (χ1n) is 7.41. The molecule has 0 aliphatic heterocycles. The summed E-state index contributed by atoms with van der Waals surface area (Å²) in [6.45, 7) is 9.38. The summed E-state index contributed by atoms with van der Waals surface area (Å²) in [6, 6.07) is 0. The Morgan fingerprint density at radius 1 is 1.32 bits per heavy atom. The van der Waals surface area contributed by atoms with E-state index in [1.54, 1.807) is 11.8 Å². The lowest BCUT2D eigenvalue weighted by Gasteiger charge is -2.13. The number of nitrogens with one attached hydrogen (secondary N) is 1. The third-order valence-corrected chi connectivity index (χ3v) is 4.43. The Morgan fingerprint density at radius 3 is 2.84 bits per heavy atom. The number of nitrogens with zero attached hydrogens (tertiary/aromatic N) is 4. The Labute approximate surface area is 120 Å². The van der Waals surface area contributed by atoms with Crippen LogP contribution >= 0.6 is 11.8 Å². The number of unbranched alkanes of at least 4 members (excludes halogenated alkanes) is 1. The zero-order chi connectivity index (χ0) is 13.9. The molecule has 0 aliphatic rings. The van der Waals surface area contributed by atoms with Crippen LogP contribution in [0, 0.1) is 5.92 Å². The van der Waals surface area contributed by atoms with Crippen LogP contribution in [0.5, 0.6) is 0 Å². The van der Waals surface area contributed by atoms with E-state index in [2.05, 4.69) is 41.6 Å². The lowest BCUT2D eigenvalue weighted by atomic mass is 10.0. The lowest BCUT2D eigenvalue weighted by Crippen LogP contribution is -2.20. The van der Waals surface area contributed by atoms with Crippen molar-refractivity contribution in [1.82, 2.24) is 25.5 Å². The maximum atomic E-state index is 4.12. The second-order valence-corrected chi connectivity index (χ2v) is 5.75. The Morgan fingerprint density at radius 2 is 2.16 bits per heavy atom. The minimum absolute atomic E-state index is 0.781. The van der Waals surface area contributed by atoms with E-state index in [1.807, 2.05) is 4.68 Å². The van der Waals surface area contributed by atoms with Gasteiger partial charge in [-0.05, 0) is 29.3 Å². The SMILES string of the molecule is CCCCC(CC)CSc1nnnn1CCNCC. The zero-order valence-corrected chi connectivity index (χ0v) is 13.2. The predicted octanol–water partition coefficient (Wildman–Crippen LogP) is 2.59. The Bertz CT molecular complexity index is 329. The molecule has 0 aromatic carbocycles. The van der Waals surface area contributed by atoms with Crippen LogP contribution in [0.15, 0.2) is 5.16 Å². The summed E-state index contributed by atoms with van der Waals surface area (Å²) in [7, 11) is 0. The molecule has 0 saturated carbocycles. The van der Waals surface area contributed by atoms with Crippen molar-refractivity contribution in [2.45, 2.75) is 58.2 Å². The van der Waals surface area contributed by atoms with Gasteiger partial charge in [0.1, 0.15) is 0 Å². The molecular weight excluding hydrogens is 258 g/mol. The highest BCUT2D eigenvalue weighted by molar-refractivity contribution is 7.99. The zero-order valence-electron chi connectivity index (χ0n) is 12.4. The molecule has 1 rings (SSSR count). The number of aromatic nitrogens is 4. The summed E-state index contributed by atoms with van der Waals surface area (Å²) in [5, 5.41) is 16.2. The van der Waals surface area contributed by atoms with E-state index in [9.17, 15) is 0 Å². The molecule has 1 aromatic rings. The van der Waals surface area contributed by atoms with Crippen LogP contribution in [0.3, 0.4) is 0 Å². The number of hydrogen-bond acceptors (Lipinski definition) is 5. The van der Waals surface area contributed by atoms with Crippen LogP contribution in [0.2, 0.25) is 0 Å². The molecule has 0 spiro atoms. The molecular formula is C13H27N5S. The topological polar surface area (TPSA) is 55.6 Å². The number of hydrogen-bond donors (Lipinski definition) is 1. The van der Waals surface area contributed by atoms with Crippen LogP contribution in [-0.4, -0.2) is 39.0 Å². The van der Waals surface area contributed by atoms with Crippen LogP contribution in [-0.2, 0) is 6.54 Å². The van der Waals surface area contributed by atoms with Gasteiger partial charge in [0.25, 0.3) is 0 Å². The quantitative estimate of drug-likeness (QED) is 0.500. The van der Waals surface area contributed by atoms with E-state index < -0.39 is 0 Å². The highest BCUT2D eigenvalue weighted by Crippen LogP contribution is 2.22. The molecule has 1 unspecified atom stereocenters. The second-order valence-electron chi connectivity index (χ2n) is 4.77. The molecule has 0 saturated heterocycles. The molecule has 0 amide bonds. The molecule has 0 fully saturated rings. The van der Waals surface area contributed by atoms with Gasteiger partial charge in [-0.15, -0.1) is 5.10 Å². The molecule has 19 heavy (non-hydrogen) atoms. The van der Waals surface area contributed by atoms with E-state index in [4.69, 9.17) is 0 Å². The minimum atomic E-state index is 0.781. The number of rotatable bonds is 11. The number of likely N-dealkylation sites (N-methyl/N-ethyl adjacent to an activating group) is 1. The van der Waals surface area contributed by atoms with Gasteiger partial charge in [-0.25, -0.2) is 4.68 Å². The van der Waals surface area contributed by atoms with Crippen LogP contribution in [0.4, 0.5) is 0 Å². The maximum Gasteiger partial charge on any atom is 0.209 e. The molecule has 0 aliphatic carbocycles. The maximum absolute atomic E-state index is 4.12. The first kappa shape index (κ1) is 16.4. The third-order valence-electron chi connectivity index (χ3n) is 3.24. The highest BCUT2D eigenvalue weighted by Gasteiger charge is 2.11. The fourth-order valence-corrected chi connectivity index (χ4v) is 3.05. The normalized spacial score (nSPS) is 12.8. The van der Waals surface area contributed by atoms with Crippen LogP contribution < -0.4 is 5.32 Å². The molecule has 1 aromatic heterocycles. The van der Waals surface area contributed by atoms with Crippen molar-refractivity contribution < 1.29 is 0 Å². The molecule has 0 radical (unpaired) electrons. The average Bonchev–Trinajstić information content (AvgIpc) is 2.87. The molecule has 6 heteroatoms. The summed E-state index contributed by atoms with van der Waals surface area (Å²) in [6.07, 6.45) is 5.16. The lowest BCUT2D eigenvalue weighted by molar-refractivity contribution is 0.495. The van der Waals surface area contributed by atoms with Crippen molar-refractivity contribution in [3.05, 3.63) is 0 Å². The molecule has 1 atom stereocenters. The first-order valence-corrected chi connectivity index (χ1v) is 8.40. The molecule has 1 heterocycles. The standard InChI is InChI=1S/C13H27N5S/c1-4-7-8-12(5-2)11-19-13-15-16-17-18(13)10-9-14-6-3/h12,14H,4-11H2,1-3H3. The van der Waals surface area contributed by atoms with Gasteiger partial charge in [0.2, 0.25) is 5.16 Å². The van der Waals surface area contributed by atoms with Gasteiger partial charge < -0.3 is 5.32 Å². The molecule has 0 bridgehead atoms. The van der Waals surface area contributed by atoms with Crippen molar-refractivity contribution >= 4 is 11.8 Å². The Kier molecular flexibility index (Phi) is 8.82. The van der Waals surface area contributed by atoms with Gasteiger partial charge >= 0.3 is 0 Å². The number of thioether (sulfide) groups is 1. The molecule has 110 valence electrons. The summed E-state index contributed by atoms with van der Waals surface area (Å²) in [5.41, 5.74) is 0. The second kappa shape index (κ2) is 10.2. The molecule has 5 nitrogen and oxygen atoms in total. The van der Waals surface area contributed by atoms with Gasteiger partial charge in [0.05, 0.1) is 6.54 Å². The van der Waals surface area contributed by atoms with E-state index >= 15 is 0 Å². The third kappa shape index (κ3) is 6.38. The van der Waals surface area contributed by atoms with Gasteiger partial charge in [0.15, 0.2) is 0 Å². The molecule has 1 N–H and O–H groups in total. The van der Waals surface area contributed by atoms with Gasteiger partial charge in [-0.3, -0.25) is 0 Å². The summed E-state index contributed by atoms with van der Waals surface area (Å²) < 4.78 is 1.90. The minimum Gasteiger partial charge on any atom is -0.315 e. The van der Waals surface area contributed by atoms with E-state index in [0.717, 1.165) is 36.5 Å². The van der Waals surface area contributed by atoms with Crippen molar-refractivity contribution in [3.63, 3.8) is 0 Å². The van der Waals surface area contributed by atoms with Gasteiger partial charge in [-0.1, -0.05) is 51.8 Å². The predicted molar refractivity (Wildman–Crippen MR) is 80.4 cm³/mol.